The molecule has 1 unspecified atom stereocenters. The van der Waals surface area contributed by atoms with Crippen LogP contribution in [0, 0.1) is 11.3 Å². The van der Waals surface area contributed by atoms with Crippen LogP contribution in [0.3, 0.4) is 0 Å². The summed E-state index contributed by atoms with van der Waals surface area (Å²) in [5.74, 6) is 2.50. The Morgan fingerprint density at radius 1 is 1.36 bits per heavy atom. The van der Waals surface area contributed by atoms with E-state index in [1.165, 1.54) is 25.1 Å². The van der Waals surface area contributed by atoms with E-state index in [0.29, 0.717) is 18.1 Å². The molecule has 0 aromatic carbocycles. The molecule has 1 aromatic heterocycles. The maximum absolute atomic E-state index is 6.34. The maximum Gasteiger partial charge on any atom is 0.170 e. The number of nitrogens with zero attached hydrogens (tertiary/aromatic N) is 5. The van der Waals surface area contributed by atoms with Gasteiger partial charge in [0.25, 0.3) is 0 Å². The van der Waals surface area contributed by atoms with Gasteiger partial charge >= 0.3 is 0 Å². The van der Waals surface area contributed by atoms with Gasteiger partial charge in [-0.15, -0.1) is 0 Å². The molecule has 3 aliphatic heterocycles. The predicted octanol–water partition coefficient (Wildman–Crippen LogP) is 4.28. The number of ether oxygens (including phenoxy) is 1. The first-order valence-corrected chi connectivity index (χ1v) is 13.8. The van der Waals surface area contributed by atoms with Crippen LogP contribution < -0.4 is 9.64 Å². The molecule has 7 nitrogen and oxygen atoms in total. The zero-order chi connectivity index (χ0) is 23.3. The summed E-state index contributed by atoms with van der Waals surface area (Å²) in [6.45, 7) is 13.6. The summed E-state index contributed by atoms with van der Waals surface area (Å²) in [7, 11) is 0. The Balaban J connectivity index is 1.24. The number of oxime groups is 1. The number of pyridine rings is 1. The Morgan fingerprint density at radius 2 is 2.21 bits per heavy atom. The summed E-state index contributed by atoms with van der Waals surface area (Å²) in [6, 6.07) is 2.27. The molecule has 0 aliphatic carbocycles. The van der Waals surface area contributed by atoms with Crippen LogP contribution in [0.4, 0.5) is 5.82 Å². The normalized spacial score (nSPS) is 22.2. The molecule has 0 N–H and O–H groups in total. The van der Waals surface area contributed by atoms with Crippen LogP contribution in [0.5, 0.6) is 5.75 Å². The van der Waals surface area contributed by atoms with Gasteiger partial charge in [0.2, 0.25) is 0 Å². The maximum atomic E-state index is 6.34. The molecular weight excluding hydrogens is 434 g/mol. The minimum absolute atomic E-state index is 0.243. The Morgan fingerprint density at radius 3 is 2.94 bits per heavy atom. The summed E-state index contributed by atoms with van der Waals surface area (Å²) >= 11 is 1.88. The number of anilines is 1. The van der Waals surface area contributed by atoms with Crippen molar-refractivity contribution in [2.24, 2.45) is 16.5 Å². The van der Waals surface area contributed by atoms with Crippen LogP contribution in [0.1, 0.15) is 52.0 Å². The molecule has 0 amide bonds. The molecule has 4 rings (SSSR count). The number of hydrogen-bond acceptors (Lipinski definition) is 8. The zero-order valence-electron chi connectivity index (χ0n) is 20.8. The quantitative estimate of drug-likeness (QED) is 0.205. The molecule has 1 aromatic rings. The first-order valence-electron chi connectivity index (χ1n) is 12.6. The van der Waals surface area contributed by atoms with Crippen molar-refractivity contribution in [3.63, 3.8) is 0 Å². The van der Waals surface area contributed by atoms with Crippen molar-refractivity contribution in [2.45, 2.75) is 59.0 Å². The highest BCUT2D eigenvalue weighted by Gasteiger charge is 2.48. The number of aryl methyl sites for hydroxylation is 1. The summed E-state index contributed by atoms with van der Waals surface area (Å²) < 4.78 is 8.84. The fourth-order valence-corrected chi connectivity index (χ4v) is 5.78. The van der Waals surface area contributed by atoms with Gasteiger partial charge in [-0.25, -0.2) is 4.98 Å². The Hall–Kier alpha value is -1.51. The highest BCUT2D eigenvalue weighted by atomic mass is 32.2. The van der Waals surface area contributed by atoms with E-state index in [4.69, 9.17) is 14.6 Å². The van der Waals surface area contributed by atoms with Crippen LogP contribution in [-0.4, -0.2) is 78.8 Å². The second kappa shape index (κ2) is 11.3. The zero-order valence-corrected chi connectivity index (χ0v) is 21.6. The molecule has 2 saturated heterocycles. The first kappa shape index (κ1) is 24.6. The summed E-state index contributed by atoms with van der Waals surface area (Å²) in [6.07, 6.45) is 11.8. The predicted molar refractivity (Wildman–Crippen MR) is 137 cm³/mol. The van der Waals surface area contributed by atoms with Gasteiger partial charge in [-0.2, -0.15) is 0 Å². The molecule has 4 heterocycles. The fourth-order valence-electron chi connectivity index (χ4n) is 5.10. The molecular formula is C25H41N5O2S. The van der Waals surface area contributed by atoms with Crippen LogP contribution in [0.2, 0.25) is 0 Å². The lowest BCUT2D eigenvalue weighted by Gasteiger charge is -2.49. The first-order chi connectivity index (χ1) is 16.0. The van der Waals surface area contributed by atoms with E-state index in [-0.39, 0.29) is 6.10 Å². The minimum atomic E-state index is 0.243. The molecule has 1 atom stereocenters. The fraction of sp³-hybridized carbons (Fsp3) is 0.760. The van der Waals surface area contributed by atoms with E-state index in [9.17, 15) is 0 Å². The van der Waals surface area contributed by atoms with Gasteiger partial charge in [0.05, 0.1) is 6.20 Å². The van der Waals surface area contributed by atoms with Gasteiger partial charge in [-0.1, -0.05) is 37.9 Å². The van der Waals surface area contributed by atoms with E-state index < -0.39 is 0 Å². The number of hydrogen-bond donors (Lipinski definition) is 0. The monoisotopic (exact) mass is 475 g/mol. The number of aromatic nitrogens is 1. The van der Waals surface area contributed by atoms with Crippen molar-refractivity contribution >= 4 is 24.0 Å². The number of fused-ring (bicyclic) bond motifs is 1. The van der Waals surface area contributed by atoms with Crippen molar-refractivity contribution in [3.05, 3.63) is 17.8 Å². The van der Waals surface area contributed by atoms with Crippen molar-refractivity contribution in [3.8, 4) is 5.75 Å². The van der Waals surface area contributed by atoms with Gasteiger partial charge in [0.15, 0.2) is 6.73 Å². The summed E-state index contributed by atoms with van der Waals surface area (Å²) in [5, 5.41) is 4.07. The standard InChI is InChI=1S/C25H41N5O2S/c1-5-10-28(19-31-27-14-20(2)3)11-8-22-7-6-21-13-24(26-15-23(21)32-22)29-16-25(17-29)9-12-30(18-25)33-4/h13-15,20,22H,5-12,16-19H2,1-4H3/b27-14+. The van der Waals surface area contributed by atoms with E-state index in [2.05, 4.69) is 52.4 Å². The highest BCUT2D eigenvalue weighted by Crippen LogP contribution is 2.43. The Labute approximate surface area is 204 Å². The van der Waals surface area contributed by atoms with Crippen LogP contribution in [0.15, 0.2) is 17.4 Å². The van der Waals surface area contributed by atoms with Crippen molar-refractivity contribution in [1.82, 2.24) is 14.2 Å². The lowest BCUT2D eigenvalue weighted by Crippen LogP contribution is -2.57. The molecule has 3 aliphatic rings. The van der Waals surface area contributed by atoms with Gasteiger partial charge < -0.3 is 14.5 Å². The summed E-state index contributed by atoms with van der Waals surface area (Å²) in [5.41, 5.74) is 1.79. The molecule has 2 fully saturated rings. The van der Waals surface area contributed by atoms with E-state index in [0.717, 1.165) is 63.4 Å². The second-order valence-electron chi connectivity index (χ2n) is 10.2. The van der Waals surface area contributed by atoms with Crippen molar-refractivity contribution in [1.29, 1.82) is 0 Å². The van der Waals surface area contributed by atoms with Crippen LogP contribution >= 0.6 is 11.9 Å². The molecule has 184 valence electrons. The Kier molecular flexibility index (Phi) is 8.41. The van der Waals surface area contributed by atoms with E-state index >= 15 is 0 Å². The van der Waals surface area contributed by atoms with Crippen LogP contribution in [-0.2, 0) is 11.3 Å². The van der Waals surface area contributed by atoms with Gasteiger partial charge in [0.1, 0.15) is 17.7 Å². The smallest absolute Gasteiger partial charge is 0.170 e. The lowest BCUT2D eigenvalue weighted by molar-refractivity contribution is 0.0242. The SMILES string of the molecule is CCCN(CCC1CCc2cc(N3CC4(CCN(SC)C4)C3)ncc2O1)CO/N=C/C(C)C. The third-order valence-corrected chi connectivity index (χ3v) is 7.81. The Bertz CT molecular complexity index is 799. The van der Waals surface area contributed by atoms with Crippen molar-refractivity contribution in [2.75, 3.05) is 57.2 Å². The third kappa shape index (κ3) is 6.34. The average Bonchev–Trinajstić information content (AvgIpc) is 3.24. The second-order valence-corrected chi connectivity index (χ2v) is 11.1. The molecule has 0 saturated carbocycles. The minimum Gasteiger partial charge on any atom is -0.488 e. The number of rotatable bonds is 11. The largest absolute Gasteiger partial charge is 0.488 e. The van der Waals surface area contributed by atoms with E-state index in [1.807, 2.05) is 24.4 Å². The highest BCUT2D eigenvalue weighted by molar-refractivity contribution is 7.96. The molecule has 8 heteroatoms. The molecule has 1 spiro atoms. The average molecular weight is 476 g/mol. The topological polar surface area (TPSA) is 53.4 Å². The molecule has 33 heavy (non-hydrogen) atoms. The van der Waals surface area contributed by atoms with Gasteiger partial charge in [-0.05, 0) is 55.9 Å². The summed E-state index contributed by atoms with van der Waals surface area (Å²) in [4.78, 5) is 15.0. The van der Waals surface area contributed by atoms with Crippen LogP contribution in [0.25, 0.3) is 0 Å². The third-order valence-electron chi connectivity index (χ3n) is 6.98. The van der Waals surface area contributed by atoms with Gasteiger partial charge in [0, 0.05) is 50.9 Å². The van der Waals surface area contributed by atoms with Gasteiger partial charge in [-0.3, -0.25) is 9.21 Å². The lowest BCUT2D eigenvalue weighted by atomic mass is 9.79. The van der Waals surface area contributed by atoms with E-state index in [1.54, 1.807) is 0 Å². The van der Waals surface area contributed by atoms with Crippen molar-refractivity contribution < 1.29 is 9.57 Å². The molecule has 0 bridgehead atoms. The molecule has 0 radical (unpaired) electrons.